The van der Waals surface area contributed by atoms with Crippen LogP contribution < -0.4 is 14.2 Å². The summed E-state index contributed by atoms with van der Waals surface area (Å²) >= 11 is 0. The fraction of sp³-hybridized carbons (Fsp3) is 0.200. The van der Waals surface area contributed by atoms with Crippen LogP contribution in [0.5, 0.6) is 11.5 Å². The molecule has 1 heterocycles. The predicted molar refractivity (Wildman–Crippen MR) is 110 cm³/mol. The van der Waals surface area contributed by atoms with Crippen LogP contribution in [-0.4, -0.2) is 37.6 Å². The Morgan fingerprint density at radius 1 is 0.933 bits per heavy atom. The predicted octanol–water partition coefficient (Wildman–Crippen LogP) is 2.79. The van der Waals surface area contributed by atoms with Gasteiger partial charge in [0.1, 0.15) is 27.4 Å². The molecule has 0 aliphatic heterocycles. The second-order valence-electron chi connectivity index (χ2n) is 6.23. The van der Waals surface area contributed by atoms with Gasteiger partial charge in [0, 0.05) is 12.6 Å². The number of hydrogen-bond acceptors (Lipinski definition) is 7. The highest BCUT2D eigenvalue weighted by Crippen LogP contribution is 2.31. The van der Waals surface area contributed by atoms with Crippen molar-refractivity contribution in [3.8, 4) is 11.5 Å². The smallest absolute Gasteiger partial charge is 0.244 e. The Morgan fingerprint density at radius 2 is 1.67 bits per heavy atom. The van der Waals surface area contributed by atoms with E-state index in [0.29, 0.717) is 5.75 Å². The largest absolute Gasteiger partial charge is 0.497 e. The van der Waals surface area contributed by atoms with Crippen molar-refractivity contribution >= 4 is 19.9 Å². The van der Waals surface area contributed by atoms with Crippen LogP contribution in [0.25, 0.3) is 0 Å². The SMILES string of the molecule is COc1ccc(OC)c(S(=O)(=O)NC[C@H](c2ccco2)S(=O)(=O)c2ccccc2)c1. The van der Waals surface area contributed by atoms with E-state index in [1.807, 2.05) is 0 Å². The van der Waals surface area contributed by atoms with Crippen LogP contribution in [0.15, 0.2) is 81.1 Å². The number of benzene rings is 2. The molecule has 0 unspecified atom stereocenters. The van der Waals surface area contributed by atoms with Crippen molar-refractivity contribution in [2.75, 3.05) is 20.8 Å². The Morgan fingerprint density at radius 3 is 2.27 bits per heavy atom. The van der Waals surface area contributed by atoms with Crippen LogP contribution in [0.3, 0.4) is 0 Å². The molecule has 1 N–H and O–H groups in total. The lowest BCUT2D eigenvalue weighted by Gasteiger charge is -2.18. The number of rotatable bonds is 9. The van der Waals surface area contributed by atoms with Crippen LogP contribution in [0.2, 0.25) is 0 Å². The third-order valence-corrected chi connectivity index (χ3v) is 7.95. The summed E-state index contributed by atoms with van der Waals surface area (Å²) in [5.74, 6) is 0.540. The van der Waals surface area contributed by atoms with Crippen LogP contribution in [-0.2, 0) is 19.9 Å². The van der Waals surface area contributed by atoms with Gasteiger partial charge in [-0.05, 0) is 36.4 Å². The van der Waals surface area contributed by atoms with E-state index < -0.39 is 31.7 Å². The van der Waals surface area contributed by atoms with Crippen molar-refractivity contribution in [2.24, 2.45) is 0 Å². The zero-order valence-corrected chi connectivity index (χ0v) is 17.9. The Hall–Kier alpha value is -2.82. The summed E-state index contributed by atoms with van der Waals surface area (Å²) < 4.78 is 70.1. The molecule has 3 aromatic rings. The Balaban J connectivity index is 1.96. The van der Waals surface area contributed by atoms with E-state index in [-0.39, 0.29) is 21.3 Å². The molecule has 0 saturated heterocycles. The highest BCUT2D eigenvalue weighted by molar-refractivity contribution is 7.92. The summed E-state index contributed by atoms with van der Waals surface area (Å²) in [7, 11) is -5.31. The lowest BCUT2D eigenvalue weighted by atomic mass is 10.3. The average molecular weight is 452 g/mol. The molecule has 0 aliphatic carbocycles. The molecule has 0 amide bonds. The van der Waals surface area contributed by atoms with Crippen molar-refractivity contribution in [1.82, 2.24) is 4.72 Å². The molecule has 10 heteroatoms. The summed E-state index contributed by atoms with van der Waals surface area (Å²) in [5, 5.41) is -1.26. The first-order valence-electron chi connectivity index (χ1n) is 8.83. The van der Waals surface area contributed by atoms with Crippen LogP contribution in [0, 0.1) is 0 Å². The minimum Gasteiger partial charge on any atom is -0.497 e. The fourth-order valence-corrected chi connectivity index (χ4v) is 5.81. The number of hydrogen-bond donors (Lipinski definition) is 1. The summed E-state index contributed by atoms with van der Waals surface area (Å²) in [6.45, 7) is -0.437. The molecule has 3 rings (SSSR count). The van der Waals surface area contributed by atoms with E-state index in [9.17, 15) is 16.8 Å². The normalized spacial score (nSPS) is 13.0. The maximum absolute atomic E-state index is 13.2. The molecule has 8 nitrogen and oxygen atoms in total. The molecular weight excluding hydrogens is 430 g/mol. The van der Waals surface area contributed by atoms with E-state index in [2.05, 4.69) is 4.72 Å². The molecule has 30 heavy (non-hydrogen) atoms. The fourth-order valence-electron chi connectivity index (χ4n) is 2.87. The molecule has 0 aliphatic rings. The van der Waals surface area contributed by atoms with Crippen molar-refractivity contribution < 1.29 is 30.7 Å². The Kier molecular flexibility index (Phi) is 6.49. The second kappa shape index (κ2) is 8.90. The van der Waals surface area contributed by atoms with Gasteiger partial charge in [0.15, 0.2) is 9.84 Å². The Bertz CT molecular complexity index is 1190. The molecule has 0 radical (unpaired) electrons. The molecule has 2 aromatic carbocycles. The third kappa shape index (κ3) is 4.50. The lowest BCUT2D eigenvalue weighted by Crippen LogP contribution is -2.32. The number of furan rings is 1. The molecule has 0 fully saturated rings. The molecule has 0 bridgehead atoms. The highest BCUT2D eigenvalue weighted by Gasteiger charge is 2.33. The van der Waals surface area contributed by atoms with Gasteiger partial charge in [0.25, 0.3) is 0 Å². The summed E-state index contributed by atoms with van der Waals surface area (Å²) in [5.41, 5.74) is 0. The van der Waals surface area contributed by atoms with Crippen LogP contribution in [0.1, 0.15) is 11.0 Å². The van der Waals surface area contributed by atoms with Crippen molar-refractivity contribution in [1.29, 1.82) is 0 Å². The van der Waals surface area contributed by atoms with Crippen molar-refractivity contribution in [3.05, 3.63) is 72.7 Å². The van der Waals surface area contributed by atoms with E-state index in [1.54, 1.807) is 30.3 Å². The highest BCUT2D eigenvalue weighted by atomic mass is 32.2. The first-order chi connectivity index (χ1) is 14.3. The van der Waals surface area contributed by atoms with Gasteiger partial charge in [-0.1, -0.05) is 18.2 Å². The van der Waals surface area contributed by atoms with Crippen molar-refractivity contribution in [2.45, 2.75) is 15.0 Å². The monoisotopic (exact) mass is 451 g/mol. The van der Waals surface area contributed by atoms with Gasteiger partial charge >= 0.3 is 0 Å². The van der Waals surface area contributed by atoms with E-state index in [1.165, 1.54) is 50.8 Å². The van der Waals surface area contributed by atoms with Gasteiger partial charge in [0.2, 0.25) is 10.0 Å². The summed E-state index contributed by atoms with van der Waals surface area (Å²) in [6, 6.07) is 15.1. The van der Waals surface area contributed by atoms with Crippen LogP contribution >= 0.6 is 0 Å². The minimum absolute atomic E-state index is 0.0598. The quantitative estimate of drug-likeness (QED) is 0.532. The molecule has 0 spiro atoms. The van der Waals surface area contributed by atoms with Gasteiger partial charge in [-0.25, -0.2) is 21.6 Å². The Labute approximate surface area is 175 Å². The minimum atomic E-state index is -4.13. The van der Waals surface area contributed by atoms with Crippen LogP contribution in [0.4, 0.5) is 0 Å². The zero-order chi connectivity index (χ0) is 21.8. The average Bonchev–Trinajstić information content (AvgIpc) is 3.28. The van der Waals surface area contributed by atoms with Gasteiger partial charge in [-0.15, -0.1) is 0 Å². The van der Waals surface area contributed by atoms with E-state index in [0.717, 1.165) is 0 Å². The van der Waals surface area contributed by atoms with Gasteiger partial charge < -0.3 is 13.9 Å². The zero-order valence-electron chi connectivity index (χ0n) is 16.3. The molecule has 160 valence electrons. The van der Waals surface area contributed by atoms with Gasteiger partial charge in [-0.3, -0.25) is 0 Å². The summed E-state index contributed by atoms with van der Waals surface area (Å²) in [4.78, 5) is -0.107. The molecule has 0 saturated carbocycles. The van der Waals surface area contributed by atoms with E-state index in [4.69, 9.17) is 13.9 Å². The topological polar surface area (TPSA) is 112 Å². The maximum Gasteiger partial charge on any atom is 0.244 e. The standard InChI is InChI=1S/C20H21NO7S2/c1-26-15-10-11-17(27-2)19(13-15)30(24,25)21-14-20(18-9-6-12-28-18)29(22,23)16-7-4-3-5-8-16/h3-13,20-21H,14H2,1-2H3/t20-/m1/s1. The lowest BCUT2D eigenvalue weighted by molar-refractivity contribution is 0.392. The number of ether oxygens (including phenoxy) is 2. The second-order valence-corrected chi connectivity index (χ2v) is 10.1. The number of nitrogens with one attached hydrogen (secondary N) is 1. The van der Waals surface area contributed by atoms with Gasteiger partial charge in [-0.2, -0.15) is 0 Å². The third-order valence-electron chi connectivity index (χ3n) is 4.43. The first-order valence-corrected chi connectivity index (χ1v) is 11.9. The number of methoxy groups -OCH3 is 2. The number of sulfone groups is 1. The molecular formula is C20H21NO7S2. The molecule has 1 atom stereocenters. The maximum atomic E-state index is 13.2. The van der Waals surface area contributed by atoms with Gasteiger partial charge in [0.05, 0.1) is 25.4 Å². The number of sulfonamides is 1. The molecule has 1 aromatic heterocycles. The first kappa shape index (κ1) is 21.9. The van der Waals surface area contributed by atoms with Crippen molar-refractivity contribution in [3.63, 3.8) is 0 Å². The summed E-state index contributed by atoms with van der Waals surface area (Å²) in [6.07, 6.45) is 1.34. The van der Waals surface area contributed by atoms with E-state index >= 15 is 0 Å².